The fourth-order valence-corrected chi connectivity index (χ4v) is 2.64. The van der Waals surface area contributed by atoms with Gasteiger partial charge in [-0.15, -0.1) is 0 Å². The summed E-state index contributed by atoms with van der Waals surface area (Å²) >= 11 is 6.38. The number of nitrogens with zero attached hydrogens (tertiary/aromatic N) is 1. The van der Waals surface area contributed by atoms with Crippen LogP contribution in [0.15, 0.2) is 46.9 Å². The van der Waals surface area contributed by atoms with E-state index in [0.717, 1.165) is 16.3 Å². The number of phenolic OH excluding ortho intramolecular Hbond substituents is 1. The second-order valence-electron chi connectivity index (χ2n) is 4.38. The van der Waals surface area contributed by atoms with Crippen molar-refractivity contribution < 1.29 is 9.52 Å². The Morgan fingerprint density at radius 1 is 0.947 bits per heavy atom. The van der Waals surface area contributed by atoms with Crippen molar-refractivity contribution in [3.05, 3.63) is 47.5 Å². The number of benzene rings is 2. The third-order valence-electron chi connectivity index (χ3n) is 3.24. The normalized spacial score (nSPS) is 11.6. The molecule has 0 aliphatic rings. The zero-order chi connectivity index (χ0) is 13.0. The molecule has 0 unspecified atom stereocenters. The van der Waals surface area contributed by atoms with Crippen molar-refractivity contribution in [3.8, 4) is 5.75 Å². The summed E-state index contributed by atoms with van der Waals surface area (Å²) in [7, 11) is 0. The maximum atomic E-state index is 9.84. The second kappa shape index (κ2) is 3.62. The molecule has 2 aromatic carbocycles. The van der Waals surface area contributed by atoms with Crippen molar-refractivity contribution >= 4 is 44.6 Å². The molecule has 0 spiro atoms. The topological polar surface area (TPSA) is 46.3 Å². The SMILES string of the molecule is Oc1cccc2c1oc1c(Cl)c3ccccc3nc12. The Morgan fingerprint density at radius 3 is 2.63 bits per heavy atom. The summed E-state index contributed by atoms with van der Waals surface area (Å²) < 4.78 is 5.68. The van der Waals surface area contributed by atoms with Crippen molar-refractivity contribution in [2.24, 2.45) is 0 Å². The first-order valence-corrected chi connectivity index (χ1v) is 6.22. The zero-order valence-electron chi connectivity index (χ0n) is 9.72. The molecule has 92 valence electrons. The standard InChI is InChI=1S/C15H8ClNO2/c16-12-8-4-1-2-6-10(8)17-13-9-5-3-7-11(18)14(9)19-15(12)13/h1-7,18H. The van der Waals surface area contributed by atoms with E-state index in [0.29, 0.717) is 21.7 Å². The molecule has 4 rings (SSSR count). The van der Waals surface area contributed by atoms with Crippen LogP contribution in [-0.4, -0.2) is 10.1 Å². The summed E-state index contributed by atoms with van der Waals surface area (Å²) in [5.41, 5.74) is 2.42. The molecule has 0 aliphatic heterocycles. The highest BCUT2D eigenvalue weighted by Crippen LogP contribution is 2.38. The summed E-state index contributed by atoms with van der Waals surface area (Å²) in [6.45, 7) is 0. The molecule has 0 saturated heterocycles. The first kappa shape index (κ1) is 10.6. The van der Waals surface area contributed by atoms with Gasteiger partial charge in [0.2, 0.25) is 0 Å². The highest BCUT2D eigenvalue weighted by atomic mass is 35.5. The van der Waals surface area contributed by atoms with Crippen molar-refractivity contribution in [1.82, 2.24) is 4.98 Å². The summed E-state index contributed by atoms with van der Waals surface area (Å²) in [6.07, 6.45) is 0. The lowest BCUT2D eigenvalue weighted by Crippen LogP contribution is -1.81. The van der Waals surface area contributed by atoms with Gasteiger partial charge in [0, 0.05) is 5.39 Å². The summed E-state index contributed by atoms with van der Waals surface area (Å²) in [5.74, 6) is 0.0932. The van der Waals surface area contributed by atoms with Gasteiger partial charge >= 0.3 is 0 Å². The van der Waals surface area contributed by atoms with Crippen LogP contribution >= 0.6 is 11.6 Å². The quantitative estimate of drug-likeness (QED) is 0.511. The molecule has 0 atom stereocenters. The molecule has 3 nitrogen and oxygen atoms in total. The molecule has 0 saturated carbocycles. The Hall–Kier alpha value is -2.26. The second-order valence-corrected chi connectivity index (χ2v) is 4.75. The fourth-order valence-electron chi connectivity index (χ4n) is 2.35. The molecule has 2 heterocycles. The highest BCUT2D eigenvalue weighted by Gasteiger charge is 2.16. The highest BCUT2D eigenvalue weighted by molar-refractivity contribution is 6.40. The maximum Gasteiger partial charge on any atom is 0.178 e. The predicted molar refractivity (Wildman–Crippen MR) is 75.7 cm³/mol. The van der Waals surface area contributed by atoms with Crippen LogP contribution in [0.1, 0.15) is 0 Å². The van der Waals surface area contributed by atoms with E-state index < -0.39 is 0 Å². The lowest BCUT2D eigenvalue weighted by molar-refractivity contribution is 0.469. The molecule has 2 aromatic heterocycles. The lowest BCUT2D eigenvalue weighted by Gasteiger charge is -1.99. The number of pyridine rings is 1. The van der Waals surface area contributed by atoms with E-state index in [9.17, 15) is 5.11 Å². The van der Waals surface area contributed by atoms with Crippen LogP contribution in [0.3, 0.4) is 0 Å². The van der Waals surface area contributed by atoms with Crippen LogP contribution < -0.4 is 0 Å². The van der Waals surface area contributed by atoms with Crippen LogP contribution in [0.25, 0.3) is 33.0 Å². The third-order valence-corrected chi connectivity index (χ3v) is 3.62. The van der Waals surface area contributed by atoms with Crippen molar-refractivity contribution in [2.45, 2.75) is 0 Å². The number of halogens is 1. The number of para-hydroxylation sites is 2. The lowest BCUT2D eigenvalue weighted by atomic mass is 10.1. The van der Waals surface area contributed by atoms with Crippen molar-refractivity contribution in [1.29, 1.82) is 0 Å². The molecule has 1 N–H and O–H groups in total. The molecule has 4 aromatic rings. The number of hydrogen-bond acceptors (Lipinski definition) is 3. The fraction of sp³-hybridized carbons (Fsp3) is 0. The zero-order valence-corrected chi connectivity index (χ0v) is 10.5. The third kappa shape index (κ3) is 1.36. The molecule has 0 radical (unpaired) electrons. The van der Waals surface area contributed by atoms with Crippen LogP contribution in [0.4, 0.5) is 0 Å². The van der Waals surface area contributed by atoms with Crippen LogP contribution in [0.5, 0.6) is 5.75 Å². The van der Waals surface area contributed by atoms with Gasteiger partial charge in [0.15, 0.2) is 16.9 Å². The summed E-state index contributed by atoms with van der Waals surface area (Å²) in [5, 5.41) is 12.0. The number of furan rings is 1. The van der Waals surface area contributed by atoms with Gasteiger partial charge in [-0.1, -0.05) is 35.9 Å². The Morgan fingerprint density at radius 2 is 1.74 bits per heavy atom. The average molecular weight is 270 g/mol. The molecule has 0 bridgehead atoms. The van der Waals surface area contributed by atoms with E-state index in [1.165, 1.54) is 0 Å². The Kier molecular flexibility index (Phi) is 2.03. The van der Waals surface area contributed by atoms with Crippen LogP contribution in [0.2, 0.25) is 5.02 Å². The minimum atomic E-state index is 0.0932. The molecular formula is C15H8ClNO2. The van der Waals surface area contributed by atoms with Crippen molar-refractivity contribution in [3.63, 3.8) is 0 Å². The number of hydrogen-bond donors (Lipinski definition) is 1. The number of rotatable bonds is 0. The summed E-state index contributed by atoms with van der Waals surface area (Å²) in [4.78, 5) is 4.58. The monoisotopic (exact) mass is 269 g/mol. The first-order chi connectivity index (χ1) is 9.25. The van der Waals surface area contributed by atoms with Crippen LogP contribution in [0, 0.1) is 0 Å². The van der Waals surface area contributed by atoms with E-state index in [1.54, 1.807) is 12.1 Å². The van der Waals surface area contributed by atoms with Gasteiger partial charge in [-0.05, 0) is 18.2 Å². The largest absolute Gasteiger partial charge is 0.504 e. The van der Waals surface area contributed by atoms with Crippen molar-refractivity contribution in [2.75, 3.05) is 0 Å². The molecule has 4 heteroatoms. The number of phenols is 1. The van der Waals surface area contributed by atoms with E-state index >= 15 is 0 Å². The van der Waals surface area contributed by atoms with Crippen LogP contribution in [-0.2, 0) is 0 Å². The minimum absolute atomic E-state index is 0.0932. The summed E-state index contributed by atoms with van der Waals surface area (Å²) in [6, 6.07) is 12.8. The predicted octanol–water partition coefficient (Wildman–Crippen LogP) is 4.49. The molecule has 0 aliphatic carbocycles. The van der Waals surface area contributed by atoms with Gasteiger partial charge in [-0.25, -0.2) is 4.98 Å². The van der Waals surface area contributed by atoms with Gasteiger partial charge in [-0.3, -0.25) is 0 Å². The number of aromatic hydroxyl groups is 1. The molecular weight excluding hydrogens is 262 g/mol. The van der Waals surface area contributed by atoms with Gasteiger partial charge in [0.25, 0.3) is 0 Å². The number of fused-ring (bicyclic) bond motifs is 4. The Balaban J connectivity index is 2.33. The molecule has 19 heavy (non-hydrogen) atoms. The molecule has 0 amide bonds. The van der Waals surface area contributed by atoms with E-state index in [-0.39, 0.29) is 5.75 Å². The number of aromatic nitrogens is 1. The van der Waals surface area contributed by atoms with E-state index in [1.807, 2.05) is 30.3 Å². The maximum absolute atomic E-state index is 9.84. The van der Waals surface area contributed by atoms with Gasteiger partial charge in [0.05, 0.1) is 15.9 Å². The smallest absolute Gasteiger partial charge is 0.178 e. The van der Waals surface area contributed by atoms with Gasteiger partial charge < -0.3 is 9.52 Å². The minimum Gasteiger partial charge on any atom is -0.504 e. The Labute approximate surface area is 113 Å². The average Bonchev–Trinajstić information content (AvgIpc) is 2.80. The molecule has 0 fully saturated rings. The van der Waals surface area contributed by atoms with Gasteiger partial charge in [0.1, 0.15) is 5.52 Å². The van der Waals surface area contributed by atoms with E-state index in [2.05, 4.69) is 4.98 Å². The first-order valence-electron chi connectivity index (χ1n) is 5.84. The van der Waals surface area contributed by atoms with E-state index in [4.69, 9.17) is 16.0 Å². The van der Waals surface area contributed by atoms with Gasteiger partial charge in [-0.2, -0.15) is 0 Å². The Bertz CT molecular complexity index is 943.